The summed E-state index contributed by atoms with van der Waals surface area (Å²) in [5.74, 6) is -0.241. The Morgan fingerprint density at radius 3 is 2.28 bits per heavy atom. The van der Waals surface area contributed by atoms with Gasteiger partial charge in [0, 0.05) is 6.54 Å². The maximum atomic E-state index is 13.3. The van der Waals surface area contributed by atoms with Crippen molar-refractivity contribution in [3.63, 3.8) is 0 Å². The Morgan fingerprint density at radius 1 is 1.12 bits per heavy atom. The highest BCUT2D eigenvalue weighted by atomic mass is 35.5. The number of nitrogens with one attached hydrogen (secondary N) is 1. The van der Waals surface area contributed by atoms with Crippen molar-refractivity contribution in [3.05, 3.63) is 34.4 Å². The van der Waals surface area contributed by atoms with E-state index in [1.165, 1.54) is 19.3 Å². The Bertz CT molecular complexity index is 659. The molecular weight excluding hydrogens is 348 g/mol. The molecule has 0 aliphatic heterocycles. The second-order valence-electron chi connectivity index (χ2n) is 7.95. The highest BCUT2D eigenvalue weighted by molar-refractivity contribution is 6.33. The molecule has 4 bridgehead atoms. The van der Waals surface area contributed by atoms with Crippen molar-refractivity contribution in [1.82, 2.24) is 5.32 Å². The van der Waals surface area contributed by atoms with Gasteiger partial charge in [-0.2, -0.15) is 0 Å². The summed E-state index contributed by atoms with van der Waals surface area (Å²) in [5.41, 5.74) is -0.0607. The van der Waals surface area contributed by atoms with Crippen LogP contribution in [0, 0.1) is 29.4 Å². The van der Waals surface area contributed by atoms with Gasteiger partial charge in [-0.25, -0.2) is 8.78 Å². The Hall–Kier alpha value is -1.20. The lowest BCUT2D eigenvalue weighted by molar-refractivity contribution is -0.160. The van der Waals surface area contributed by atoms with Crippen LogP contribution >= 0.6 is 11.6 Å². The molecule has 1 aromatic carbocycles. The summed E-state index contributed by atoms with van der Waals surface area (Å²) in [6, 6.07) is 1.64. The largest absolute Gasteiger partial charge is 0.373 e. The first-order valence-corrected chi connectivity index (χ1v) is 9.38. The molecule has 136 valence electrons. The monoisotopic (exact) mass is 369 g/mol. The van der Waals surface area contributed by atoms with Crippen LogP contribution in [0.3, 0.4) is 0 Å². The molecule has 6 heteroatoms. The molecule has 0 radical (unpaired) electrons. The van der Waals surface area contributed by atoms with E-state index in [9.17, 15) is 13.6 Å². The zero-order valence-electron chi connectivity index (χ0n) is 14.0. The van der Waals surface area contributed by atoms with Crippen molar-refractivity contribution in [2.24, 2.45) is 17.8 Å². The summed E-state index contributed by atoms with van der Waals surface area (Å²) in [6.45, 7) is 0.759. The molecule has 3 nitrogen and oxygen atoms in total. The van der Waals surface area contributed by atoms with Crippen molar-refractivity contribution < 1.29 is 18.3 Å². The molecule has 4 saturated carbocycles. The lowest BCUT2D eigenvalue weighted by atomic mass is 9.54. The third-order valence-corrected chi connectivity index (χ3v) is 6.35. The molecule has 4 fully saturated rings. The molecule has 0 heterocycles. The van der Waals surface area contributed by atoms with E-state index < -0.39 is 17.5 Å². The second-order valence-corrected chi connectivity index (χ2v) is 8.36. The zero-order valence-corrected chi connectivity index (χ0v) is 14.7. The topological polar surface area (TPSA) is 38.3 Å². The van der Waals surface area contributed by atoms with Gasteiger partial charge in [0.15, 0.2) is 11.6 Å². The van der Waals surface area contributed by atoms with E-state index in [1.807, 2.05) is 0 Å². The minimum Gasteiger partial charge on any atom is -0.373 e. The molecule has 1 N–H and O–H groups in total. The van der Waals surface area contributed by atoms with Gasteiger partial charge in [-0.15, -0.1) is 0 Å². The lowest BCUT2D eigenvalue weighted by Crippen LogP contribution is -2.52. The summed E-state index contributed by atoms with van der Waals surface area (Å²) in [5, 5.41) is 2.58. The second kappa shape index (κ2) is 6.51. The standard InChI is InChI=1S/C19H22ClF2NO2/c20-15-7-17(22)16(21)6-14(15)18(24)23-1-2-25-19-8-11-3-12(9-19)5-13(4-11)10-19/h6-7,11-13H,1-5,8-10H2,(H,23,24). The van der Waals surface area contributed by atoms with Crippen LogP contribution in [0.4, 0.5) is 8.78 Å². The first kappa shape index (κ1) is 17.2. The molecule has 0 unspecified atom stereocenters. The fraction of sp³-hybridized carbons (Fsp3) is 0.632. The van der Waals surface area contributed by atoms with E-state index in [0.717, 1.165) is 49.1 Å². The van der Waals surface area contributed by atoms with Crippen LogP contribution in [0.25, 0.3) is 0 Å². The highest BCUT2D eigenvalue weighted by Crippen LogP contribution is 2.57. The summed E-state index contributed by atoms with van der Waals surface area (Å²) < 4.78 is 32.6. The van der Waals surface area contributed by atoms with Crippen molar-refractivity contribution >= 4 is 17.5 Å². The number of hydrogen-bond acceptors (Lipinski definition) is 2. The maximum absolute atomic E-state index is 13.3. The number of ether oxygens (including phenoxy) is 1. The van der Waals surface area contributed by atoms with Gasteiger partial charge in [-0.05, 0) is 68.4 Å². The van der Waals surface area contributed by atoms with E-state index in [2.05, 4.69) is 5.32 Å². The van der Waals surface area contributed by atoms with Gasteiger partial charge in [0.25, 0.3) is 5.91 Å². The predicted octanol–water partition coefficient (Wildman–Crippen LogP) is 4.33. The summed E-state index contributed by atoms with van der Waals surface area (Å²) in [4.78, 5) is 12.1. The number of carbonyl (C=O) groups is 1. The summed E-state index contributed by atoms with van der Waals surface area (Å²) in [7, 11) is 0. The Morgan fingerprint density at radius 2 is 1.68 bits per heavy atom. The first-order valence-electron chi connectivity index (χ1n) is 9.01. The third kappa shape index (κ3) is 3.41. The normalized spacial score (nSPS) is 32.8. The predicted molar refractivity (Wildman–Crippen MR) is 90.6 cm³/mol. The van der Waals surface area contributed by atoms with Crippen LogP contribution in [0.1, 0.15) is 48.9 Å². The fourth-order valence-electron chi connectivity index (χ4n) is 5.43. The van der Waals surface area contributed by atoms with Crippen molar-refractivity contribution in [2.75, 3.05) is 13.2 Å². The number of carbonyl (C=O) groups excluding carboxylic acids is 1. The minimum absolute atomic E-state index is 0.000887. The maximum Gasteiger partial charge on any atom is 0.252 e. The van der Waals surface area contributed by atoms with Crippen LogP contribution in [-0.4, -0.2) is 24.7 Å². The lowest BCUT2D eigenvalue weighted by Gasteiger charge is -2.56. The van der Waals surface area contributed by atoms with Gasteiger partial charge in [0.05, 0.1) is 22.8 Å². The van der Waals surface area contributed by atoms with Crippen LogP contribution in [0.2, 0.25) is 5.02 Å². The number of hydrogen-bond donors (Lipinski definition) is 1. The number of halogens is 3. The molecule has 1 amide bonds. The van der Waals surface area contributed by atoms with Gasteiger partial charge in [0.2, 0.25) is 0 Å². The average Bonchev–Trinajstić information content (AvgIpc) is 2.53. The average molecular weight is 370 g/mol. The Labute approximate surface area is 151 Å². The molecule has 4 aliphatic rings. The highest BCUT2D eigenvalue weighted by Gasteiger charge is 2.51. The van der Waals surface area contributed by atoms with E-state index >= 15 is 0 Å². The molecule has 0 spiro atoms. The van der Waals surface area contributed by atoms with Crippen LogP contribution in [0.15, 0.2) is 12.1 Å². The molecule has 0 saturated heterocycles. The molecular formula is C19H22ClF2NO2. The SMILES string of the molecule is O=C(NCCOC12CC3CC(CC(C3)C1)C2)c1cc(F)c(F)cc1Cl. The van der Waals surface area contributed by atoms with Crippen LogP contribution < -0.4 is 5.32 Å². The minimum atomic E-state index is -1.08. The van der Waals surface area contributed by atoms with Gasteiger partial charge < -0.3 is 10.1 Å². The van der Waals surface area contributed by atoms with Crippen molar-refractivity contribution in [3.8, 4) is 0 Å². The van der Waals surface area contributed by atoms with Gasteiger partial charge in [0.1, 0.15) is 0 Å². The third-order valence-electron chi connectivity index (χ3n) is 6.03. The molecule has 1 aromatic rings. The summed E-state index contributed by atoms with van der Waals surface area (Å²) >= 11 is 5.82. The fourth-order valence-corrected chi connectivity index (χ4v) is 5.67. The number of benzene rings is 1. The van der Waals surface area contributed by atoms with E-state index in [1.54, 1.807) is 0 Å². The van der Waals surface area contributed by atoms with Crippen LogP contribution in [-0.2, 0) is 4.74 Å². The number of amides is 1. The Kier molecular flexibility index (Phi) is 4.49. The van der Waals surface area contributed by atoms with E-state index in [-0.39, 0.29) is 16.2 Å². The van der Waals surface area contributed by atoms with E-state index in [0.29, 0.717) is 13.2 Å². The molecule has 4 aliphatic carbocycles. The quantitative estimate of drug-likeness (QED) is 0.619. The van der Waals surface area contributed by atoms with Crippen molar-refractivity contribution in [2.45, 2.75) is 44.1 Å². The first-order chi connectivity index (χ1) is 11.9. The zero-order chi connectivity index (χ0) is 17.6. The van der Waals surface area contributed by atoms with Gasteiger partial charge in [-0.1, -0.05) is 11.6 Å². The molecule has 0 aromatic heterocycles. The van der Waals surface area contributed by atoms with Gasteiger partial charge >= 0.3 is 0 Å². The van der Waals surface area contributed by atoms with Crippen LogP contribution in [0.5, 0.6) is 0 Å². The smallest absolute Gasteiger partial charge is 0.252 e. The number of rotatable bonds is 5. The molecule has 25 heavy (non-hydrogen) atoms. The van der Waals surface area contributed by atoms with Crippen molar-refractivity contribution in [1.29, 1.82) is 0 Å². The van der Waals surface area contributed by atoms with E-state index in [4.69, 9.17) is 16.3 Å². The summed E-state index contributed by atoms with van der Waals surface area (Å²) in [6.07, 6.45) is 7.49. The molecule has 0 atom stereocenters. The van der Waals surface area contributed by atoms with Gasteiger partial charge in [-0.3, -0.25) is 4.79 Å². The Balaban J connectivity index is 1.30. The molecule has 5 rings (SSSR count).